The molecule has 6 heteroatoms. The Bertz CT molecular complexity index is 932. The van der Waals surface area contributed by atoms with E-state index in [4.69, 9.17) is 9.47 Å². The van der Waals surface area contributed by atoms with Crippen LogP contribution in [0.4, 0.5) is 0 Å². The standard InChI is InChI=1S/C20H18O6/c1-9-8-13(22)15-10(18(9)23)6-7-12(21)17(15)19-11-4-3-5-14(25-2)16(11)20(24)26-19/h3-7,9,18-19,21,23H,8H2,1-2H3/t9-,18+,19-/m1/s1. The molecule has 0 aromatic heterocycles. The summed E-state index contributed by atoms with van der Waals surface area (Å²) in [6, 6.07) is 8.06. The number of hydrogen-bond donors (Lipinski definition) is 2. The van der Waals surface area contributed by atoms with E-state index in [1.165, 1.54) is 13.2 Å². The van der Waals surface area contributed by atoms with Crippen molar-refractivity contribution in [3.8, 4) is 11.5 Å². The lowest BCUT2D eigenvalue weighted by Crippen LogP contribution is -2.25. The fourth-order valence-corrected chi connectivity index (χ4v) is 3.86. The molecule has 1 heterocycles. The number of methoxy groups -OCH3 is 1. The fourth-order valence-electron chi connectivity index (χ4n) is 3.86. The van der Waals surface area contributed by atoms with Crippen LogP contribution < -0.4 is 4.74 Å². The molecule has 2 aromatic carbocycles. The second-order valence-corrected chi connectivity index (χ2v) is 6.72. The van der Waals surface area contributed by atoms with Crippen LogP contribution in [0, 0.1) is 5.92 Å². The minimum absolute atomic E-state index is 0.146. The molecular formula is C20H18O6. The number of benzene rings is 2. The highest BCUT2D eigenvalue weighted by molar-refractivity contribution is 6.03. The molecule has 0 amide bonds. The highest BCUT2D eigenvalue weighted by Gasteiger charge is 2.41. The van der Waals surface area contributed by atoms with Gasteiger partial charge in [-0.15, -0.1) is 0 Å². The van der Waals surface area contributed by atoms with Gasteiger partial charge in [-0.05, 0) is 23.6 Å². The maximum absolute atomic E-state index is 12.7. The lowest BCUT2D eigenvalue weighted by Gasteiger charge is -2.29. The number of aromatic hydroxyl groups is 1. The number of hydrogen-bond acceptors (Lipinski definition) is 6. The number of esters is 1. The summed E-state index contributed by atoms with van der Waals surface area (Å²) in [5.74, 6) is -0.745. The van der Waals surface area contributed by atoms with Crippen molar-refractivity contribution in [1.29, 1.82) is 0 Å². The number of Topliss-reactive ketones (excluding diaryl/α,β-unsaturated/α-hetero) is 1. The predicted molar refractivity (Wildman–Crippen MR) is 91.4 cm³/mol. The molecule has 1 aliphatic carbocycles. The first kappa shape index (κ1) is 16.6. The molecule has 0 saturated heterocycles. The van der Waals surface area contributed by atoms with Crippen molar-refractivity contribution < 1.29 is 29.3 Å². The molecule has 0 fully saturated rings. The van der Waals surface area contributed by atoms with Crippen LogP contribution in [0.15, 0.2) is 30.3 Å². The van der Waals surface area contributed by atoms with E-state index in [0.29, 0.717) is 16.9 Å². The molecule has 26 heavy (non-hydrogen) atoms. The van der Waals surface area contributed by atoms with E-state index in [1.807, 2.05) is 0 Å². The Morgan fingerprint density at radius 1 is 1.12 bits per heavy atom. The molecule has 3 atom stereocenters. The molecule has 6 nitrogen and oxygen atoms in total. The zero-order chi connectivity index (χ0) is 18.6. The number of aliphatic hydroxyl groups excluding tert-OH is 1. The second-order valence-electron chi connectivity index (χ2n) is 6.72. The number of phenols is 1. The Kier molecular flexibility index (Phi) is 3.73. The summed E-state index contributed by atoms with van der Waals surface area (Å²) < 4.78 is 10.7. The van der Waals surface area contributed by atoms with Gasteiger partial charge in [-0.2, -0.15) is 0 Å². The number of aliphatic hydroxyl groups is 1. The molecule has 134 valence electrons. The fraction of sp³-hybridized carbons (Fsp3) is 0.300. The first-order valence-corrected chi connectivity index (χ1v) is 8.39. The van der Waals surface area contributed by atoms with E-state index in [9.17, 15) is 19.8 Å². The Labute approximate surface area is 150 Å². The predicted octanol–water partition coefficient (Wildman–Crippen LogP) is 2.92. The van der Waals surface area contributed by atoms with Crippen LogP contribution in [0.2, 0.25) is 0 Å². The van der Waals surface area contributed by atoms with Gasteiger partial charge in [-0.1, -0.05) is 25.1 Å². The maximum atomic E-state index is 12.7. The smallest absolute Gasteiger partial charge is 0.343 e. The van der Waals surface area contributed by atoms with Crippen molar-refractivity contribution in [3.05, 3.63) is 58.1 Å². The van der Waals surface area contributed by atoms with Crippen molar-refractivity contribution in [2.24, 2.45) is 5.92 Å². The van der Waals surface area contributed by atoms with E-state index < -0.39 is 18.2 Å². The highest BCUT2D eigenvalue weighted by Crippen LogP contribution is 2.47. The minimum Gasteiger partial charge on any atom is -0.507 e. The topological polar surface area (TPSA) is 93.1 Å². The number of phenolic OH excluding ortho intramolecular Hbond substituents is 1. The van der Waals surface area contributed by atoms with Gasteiger partial charge in [0.2, 0.25) is 0 Å². The number of cyclic esters (lactones) is 1. The number of rotatable bonds is 2. The first-order chi connectivity index (χ1) is 12.4. The zero-order valence-corrected chi connectivity index (χ0v) is 14.4. The van der Waals surface area contributed by atoms with Gasteiger partial charge in [-0.25, -0.2) is 4.79 Å². The van der Waals surface area contributed by atoms with Gasteiger partial charge in [-0.3, -0.25) is 4.79 Å². The summed E-state index contributed by atoms with van der Waals surface area (Å²) in [4.78, 5) is 25.1. The SMILES string of the molecule is COc1cccc2c1C(=O)O[C@H]2c1c(O)ccc2c1C(=O)C[C@@H](C)[C@@H]2O. The van der Waals surface area contributed by atoms with Crippen LogP contribution in [0.1, 0.15) is 63.0 Å². The third-order valence-electron chi connectivity index (χ3n) is 5.15. The van der Waals surface area contributed by atoms with Gasteiger partial charge in [0.1, 0.15) is 17.1 Å². The Hall–Kier alpha value is -2.86. The van der Waals surface area contributed by atoms with E-state index in [1.54, 1.807) is 31.2 Å². The normalized spacial score (nSPS) is 24.0. The summed E-state index contributed by atoms with van der Waals surface area (Å²) in [5.41, 5.74) is 1.73. The summed E-state index contributed by atoms with van der Waals surface area (Å²) in [5, 5.41) is 21.0. The average Bonchev–Trinajstić information content (AvgIpc) is 2.96. The van der Waals surface area contributed by atoms with Crippen molar-refractivity contribution in [2.45, 2.75) is 25.6 Å². The van der Waals surface area contributed by atoms with Crippen LogP contribution in [0.5, 0.6) is 11.5 Å². The summed E-state index contributed by atoms with van der Waals surface area (Å²) in [6.45, 7) is 1.80. The van der Waals surface area contributed by atoms with Crippen molar-refractivity contribution in [2.75, 3.05) is 7.11 Å². The highest BCUT2D eigenvalue weighted by atomic mass is 16.6. The lowest BCUT2D eigenvalue weighted by molar-refractivity contribution is 0.0443. The quantitative estimate of drug-likeness (QED) is 0.806. The molecule has 1 aliphatic heterocycles. The van der Waals surface area contributed by atoms with E-state index >= 15 is 0 Å². The third-order valence-corrected chi connectivity index (χ3v) is 5.15. The van der Waals surface area contributed by atoms with E-state index in [2.05, 4.69) is 0 Å². The summed E-state index contributed by atoms with van der Waals surface area (Å²) >= 11 is 0. The molecule has 0 bridgehead atoms. The molecule has 2 aliphatic rings. The number of ether oxygens (including phenoxy) is 2. The van der Waals surface area contributed by atoms with Gasteiger partial charge in [0.15, 0.2) is 11.9 Å². The zero-order valence-electron chi connectivity index (χ0n) is 14.4. The molecule has 0 spiro atoms. The van der Waals surface area contributed by atoms with Gasteiger partial charge < -0.3 is 19.7 Å². The second kappa shape index (κ2) is 5.85. The average molecular weight is 354 g/mol. The Morgan fingerprint density at radius 3 is 2.62 bits per heavy atom. The number of ketones is 1. The number of carbonyl (C=O) groups is 2. The molecule has 2 N–H and O–H groups in total. The van der Waals surface area contributed by atoms with Gasteiger partial charge >= 0.3 is 5.97 Å². The molecular weight excluding hydrogens is 336 g/mol. The first-order valence-electron chi connectivity index (χ1n) is 8.39. The van der Waals surface area contributed by atoms with Crippen molar-refractivity contribution in [3.63, 3.8) is 0 Å². The molecule has 0 unspecified atom stereocenters. The van der Waals surface area contributed by atoms with Gasteiger partial charge in [0, 0.05) is 17.5 Å². The summed E-state index contributed by atoms with van der Waals surface area (Å²) in [6.07, 6.45) is -1.58. The Balaban J connectivity index is 1.95. The van der Waals surface area contributed by atoms with Crippen LogP contribution in [-0.4, -0.2) is 29.1 Å². The van der Waals surface area contributed by atoms with Crippen molar-refractivity contribution >= 4 is 11.8 Å². The van der Waals surface area contributed by atoms with Crippen LogP contribution in [-0.2, 0) is 4.74 Å². The van der Waals surface area contributed by atoms with Crippen LogP contribution in [0.3, 0.4) is 0 Å². The minimum atomic E-state index is -0.924. The summed E-state index contributed by atoms with van der Waals surface area (Å²) in [7, 11) is 1.46. The van der Waals surface area contributed by atoms with Crippen molar-refractivity contribution in [1.82, 2.24) is 0 Å². The molecule has 0 saturated carbocycles. The number of fused-ring (bicyclic) bond motifs is 2. The molecule has 2 aromatic rings. The monoisotopic (exact) mass is 354 g/mol. The lowest BCUT2D eigenvalue weighted by atomic mass is 9.78. The van der Waals surface area contributed by atoms with Gasteiger partial charge in [0.05, 0.1) is 18.8 Å². The van der Waals surface area contributed by atoms with Crippen LogP contribution in [0.25, 0.3) is 0 Å². The van der Waals surface area contributed by atoms with Crippen LogP contribution >= 0.6 is 0 Å². The molecule has 4 rings (SSSR count). The molecule has 0 radical (unpaired) electrons. The van der Waals surface area contributed by atoms with E-state index in [0.717, 1.165) is 0 Å². The van der Waals surface area contributed by atoms with E-state index in [-0.39, 0.29) is 40.6 Å². The third kappa shape index (κ3) is 2.22. The maximum Gasteiger partial charge on any atom is 0.343 e. The largest absolute Gasteiger partial charge is 0.507 e. The van der Waals surface area contributed by atoms with Gasteiger partial charge in [0.25, 0.3) is 0 Å². The number of carbonyl (C=O) groups excluding carboxylic acids is 2. The Morgan fingerprint density at radius 2 is 1.88 bits per heavy atom.